The second kappa shape index (κ2) is 7.39. The maximum atomic E-state index is 11.9. The van der Waals surface area contributed by atoms with Crippen molar-refractivity contribution in [1.82, 2.24) is 5.32 Å². The largest absolute Gasteiger partial charge is 0.467 e. The van der Waals surface area contributed by atoms with E-state index in [2.05, 4.69) is 10.1 Å². The molecular weight excluding hydrogens is 268 g/mol. The predicted octanol–water partition coefficient (Wildman–Crippen LogP) is 1.92. The van der Waals surface area contributed by atoms with Crippen molar-refractivity contribution in [1.29, 1.82) is 5.26 Å². The van der Waals surface area contributed by atoms with Gasteiger partial charge in [0.1, 0.15) is 6.04 Å². The van der Waals surface area contributed by atoms with Gasteiger partial charge in [-0.1, -0.05) is 11.6 Å². The van der Waals surface area contributed by atoms with E-state index in [1.54, 1.807) is 24.3 Å². The minimum absolute atomic E-state index is 0.153. The Labute approximate surface area is 116 Å². The molecule has 1 aromatic rings. The quantitative estimate of drug-likeness (QED) is 0.836. The molecule has 1 atom stereocenters. The molecule has 0 spiro atoms. The van der Waals surface area contributed by atoms with Gasteiger partial charge in [0.25, 0.3) is 5.91 Å². The Hall–Kier alpha value is -2.06. The fraction of sp³-hybridized carbons (Fsp3) is 0.308. The molecule has 0 bridgehead atoms. The first-order valence-electron chi connectivity index (χ1n) is 5.59. The molecule has 0 aliphatic heterocycles. The average molecular weight is 281 g/mol. The van der Waals surface area contributed by atoms with Crippen LogP contribution in [0.15, 0.2) is 24.3 Å². The van der Waals surface area contributed by atoms with Gasteiger partial charge in [0.15, 0.2) is 0 Å². The molecule has 0 fully saturated rings. The van der Waals surface area contributed by atoms with E-state index in [0.717, 1.165) is 0 Å². The van der Waals surface area contributed by atoms with Gasteiger partial charge in [0.2, 0.25) is 0 Å². The molecule has 0 saturated heterocycles. The van der Waals surface area contributed by atoms with Gasteiger partial charge >= 0.3 is 5.97 Å². The molecule has 19 heavy (non-hydrogen) atoms. The molecule has 1 amide bonds. The number of esters is 1. The Balaban J connectivity index is 2.73. The lowest BCUT2D eigenvalue weighted by atomic mass is 10.1. The van der Waals surface area contributed by atoms with Crippen molar-refractivity contribution < 1.29 is 14.3 Å². The second-order valence-electron chi connectivity index (χ2n) is 3.75. The number of carbonyl (C=O) groups is 2. The standard InChI is InChI=1S/C13H13ClN2O3/c1-19-13(18)11(3-2-8-15)16-12(17)9-4-6-10(14)7-5-9/h4-7,11H,2-3H2,1H3,(H,16,17). The molecule has 1 rings (SSSR count). The fourth-order valence-electron chi connectivity index (χ4n) is 1.44. The molecule has 6 heteroatoms. The highest BCUT2D eigenvalue weighted by molar-refractivity contribution is 6.30. The number of nitriles is 1. The summed E-state index contributed by atoms with van der Waals surface area (Å²) in [5, 5.41) is 11.6. The van der Waals surface area contributed by atoms with E-state index in [1.807, 2.05) is 6.07 Å². The molecule has 1 N–H and O–H groups in total. The van der Waals surface area contributed by atoms with Crippen LogP contribution >= 0.6 is 11.6 Å². The number of methoxy groups -OCH3 is 1. The summed E-state index contributed by atoms with van der Waals surface area (Å²) < 4.78 is 4.58. The predicted molar refractivity (Wildman–Crippen MR) is 69.6 cm³/mol. The number of halogens is 1. The number of nitrogens with zero attached hydrogens (tertiary/aromatic N) is 1. The lowest BCUT2D eigenvalue weighted by molar-refractivity contribution is -0.143. The van der Waals surface area contributed by atoms with Crippen molar-refractivity contribution in [2.75, 3.05) is 7.11 Å². The smallest absolute Gasteiger partial charge is 0.328 e. The van der Waals surface area contributed by atoms with E-state index in [4.69, 9.17) is 16.9 Å². The van der Waals surface area contributed by atoms with Crippen LogP contribution in [0.4, 0.5) is 0 Å². The maximum Gasteiger partial charge on any atom is 0.328 e. The molecule has 100 valence electrons. The van der Waals surface area contributed by atoms with Gasteiger partial charge in [-0.3, -0.25) is 4.79 Å². The molecular formula is C13H13ClN2O3. The first kappa shape index (κ1) is 15.0. The number of hydrogen-bond donors (Lipinski definition) is 1. The van der Waals surface area contributed by atoms with E-state index in [-0.39, 0.29) is 12.8 Å². The average Bonchev–Trinajstić information content (AvgIpc) is 2.43. The summed E-state index contributed by atoms with van der Waals surface area (Å²) in [6.07, 6.45) is 0.364. The van der Waals surface area contributed by atoms with Crippen molar-refractivity contribution in [3.63, 3.8) is 0 Å². The van der Waals surface area contributed by atoms with E-state index in [0.29, 0.717) is 10.6 Å². The summed E-state index contributed by atoms with van der Waals surface area (Å²) in [6.45, 7) is 0. The normalized spacial score (nSPS) is 11.2. The van der Waals surface area contributed by atoms with E-state index < -0.39 is 17.9 Å². The number of benzene rings is 1. The van der Waals surface area contributed by atoms with E-state index in [9.17, 15) is 9.59 Å². The second-order valence-corrected chi connectivity index (χ2v) is 4.19. The number of rotatable bonds is 5. The molecule has 0 aliphatic carbocycles. The summed E-state index contributed by atoms with van der Waals surface area (Å²) in [5.41, 5.74) is 0.385. The van der Waals surface area contributed by atoms with Crippen molar-refractivity contribution >= 4 is 23.5 Å². The summed E-state index contributed by atoms with van der Waals surface area (Å²) in [6, 6.07) is 7.36. The van der Waals surface area contributed by atoms with Crippen LogP contribution in [-0.4, -0.2) is 25.0 Å². The van der Waals surface area contributed by atoms with Crippen molar-refractivity contribution in [3.05, 3.63) is 34.9 Å². The van der Waals surface area contributed by atoms with Crippen molar-refractivity contribution in [2.24, 2.45) is 0 Å². The third-order valence-electron chi connectivity index (χ3n) is 2.44. The van der Waals surface area contributed by atoms with Gasteiger partial charge in [0.05, 0.1) is 13.2 Å². The van der Waals surface area contributed by atoms with Gasteiger partial charge in [-0.15, -0.1) is 0 Å². The minimum Gasteiger partial charge on any atom is -0.467 e. The number of amides is 1. The first-order chi connectivity index (χ1) is 9.08. The molecule has 0 aromatic heterocycles. The Kier molecular flexibility index (Phi) is 5.83. The van der Waals surface area contributed by atoms with Crippen LogP contribution in [-0.2, 0) is 9.53 Å². The zero-order valence-corrected chi connectivity index (χ0v) is 11.1. The maximum absolute atomic E-state index is 11.9. The highest BCUT2D eigenvalue weighted by Gasteiger charge is 2.21. The zero-order valence-electron chi connectivity index (χ0n) is 10.4. The van der Waals surface area contributed by atoms with Crippen LogP contribution in [0.25, 0.3) is 0 Å². The zero-order chi connectivity index (χ0) is 14.3. The topological polar surface area (TPSA) is 79.2 Å². The third-order valence-corrected chi connectivity index (χ3v) is 2.69. The van der Waals surface area contributed by atoms with E-state index >= 15 is 0 Å². The molecule has 5 nitrogen and oxygen atoms in total. The van der Waals surface area contributed by atoms with E-state index in [1.165, 1.54) is 7.11 Å². The fourth-order valence-corrected chi connectivity index (χ4v) is 1.57. The molecule has 0 aliphatic rings. The minimum atomic E-state index is -0.826. The summed E-state index contributed by atoms with van der Waals surface area (Å²) in [7, 11) is 1.23. The number of hydrogen-bond acceptors (Lipinski definition) is 4. The van der Waals surface area contributed by atoms with Crippen LogP contribution < -0.4 is 5.32 Å². The number of nitrogens with one attached hydrogen (secondary N) is 1. The highest BCUT2D eigenvalue weighted by atomic mass is 35.5. The Morgan fingerprint density at radius 2 is 2.05 bits per heavy atom. The van der Waals surface area contributed by atoms with Crippen LogP contribution in [0.1, 0.15) is 23.2 Å². The van der Waals surface area contributed by atoms with Crippen molar-refractivity contribution in [2.45, 2.75) is 18.9 Å². The molecule has 0 saturated carbocycles. The van der Waals surface area contributed by atoms with Gasteiger partial charge < -0.3 is 10.1 Å². The highest BCUT2D eigenvalue weighted by Crippen LogP contribution is 2.10. The summed E-state index contributed by atoms with van der Waals surface area (Å²) >= 11 is 5.72. The molecule has 1 unspecified atom stereocenters. The van der Waals surface area contributed by atoms with Gasteiger partial charge in [0, 0.05) is 17.0 Å². The molecule has 0 heterocycles. The Bertz CT molecular complexity index is 494. The van der Waals surface area contributed by atoms with Gasteiger partial charge in [-0.2, -0.15) is 5.26 Å². The lowest BCUT2D eigenvalue weighted by Gasteiger charge is -2.15. The van der Waals surface area contributed by atoms with Gasteiger partial charge in [-0.25, -0.2) is 4.79 Å². The molecule has 0 radical (unpaired) electrons. The third kappa shape index (κ3) is 4.60. The lowest BCUT2D eigenvalue weighted by Crippen LogP contribution is -2.41. The van der Waals surface area contributed by atoms with Crippen molar-refractivity contribution in [3.8, 4) is 6.07 Å². The Morgan fingerprint density at radius 3 is 2.58 bits per heavy atom. The number of carbonyl (C=O) groups excluding carboxylic acids is 2. The monoisotopic (exact) mass is 280 g/mol. The first-order valence-corrected chi connectivity index (χ1v) is 5.97. The number of ether oxygens (including phenoxy) is 1. The summed E-state index contributed by atoms with van der Waals surface area (Å²) in [5.74, 6) is -0.984. The van der Waals surface area contributed by atoms with Crippen LogP contribution in [0.5, 0.6) is 0 Å². The van der Waals surface area contributed by atoms with Gasteiger partial charge in [-0.05, 0) is 30.7 Å². The van der Waals surface area contributed by atoms with Crippen LogP contribution in [0, 0.1) is 11.3 Å². The molecule has 1 aromatic carbocycles. The summed E-state index contributed by atoms with van der Waals surface area (Å²) in [4.78, 5) is 23.4. The SMILES string of the molecule is COC(=O)C(CCC#N)NC(=O)c1ccc(Cl)cc1. The Morgan fingerprint density at radius 1 is 1.42 bits per heavy atom. The van der Waals surface area contributed by atoms with Crippen LogP contribution in [0.3, 0.4) is 0 Å². The van der Waals surface area contributed by atoms with Crippen LogP contribution in [0.2, 0.25) is 5.02 Å².